The molecular formula is C21H23N3O2S. The number of thioether (sulfide) groups is 1. The van der Waals surface area contributed by atoms with Gasteiger partial charge in [0.25, 0.3) is 0 Å². The van der Waals surface area contributed by atoms with E-state index in [-0.39, 0.29) is 6.10 Å². The molecule has 5 nitrogen and oxygen atoms in total. The third-order valence-electron chi connectivity index (χ3n) is 4.68. The van der Waals surface area contributed by atoms with Gasteiger partial charge in [0.05, 0.1) is 0 Å². The lowest BCUT2D eigenvalue weighted by molar-refractivity contribution is 0.0825. The van der Waals surface area contributed by atoms with Gasteiger partial charge in [-0.25, -0.2) is 0 Å². The summed E-state index contributed by atoms with van der Waals surface area (Å²) in [5.41, 5.74) is 2.64. The molecule has 1 aromatic heterocycles. The summed E-state index contributed by atoms with van der Waals surface area (Å²) in [6, 6.07) is 16.5. The molecule has 27 heavy (non-hydrogen) atoms. The van der Waals surface area contributed by atoms with Crippen molar-refractivity contribution in [2.75, 3.05) is 6.61 Å². The first-order chi connectivity index (χ1) is 13.1. The number of aromatic nitrogens is 3. The molecule has 0 saturated carbocycles. The molecule has 0 N–H and O–H groups in total. The molecule has 2 aromatic carbocycles. The van der Waals surface area contributed by atoms with Gasteiger partial charge in [-0.05, 0) is 29.2 Å². The Hall–Kier alpha value is -2.47. The Bertz CT molecular complexity index is 921. The number of benzene rings is 2. The molecule has 6 heteroatoms. The highest BCUT2D eigenvalue weighted by Crippen LogP contribution is 2.36. The van der Waals surface area contributed by atoms with Gasteiger partial charge in [0.1, 0.15) is 6.61 Å². The van der Waals surface area contributed by atoms with Gasteiger partial charge in [0, 0.05) is 12.8 Å². The second-order valence-electron chi connectivity index (χ2n) is 6.95. The van der Waals surface area contributed by atoms with Crippen molar-refractivity contribution >= 4 is 11.8 Å². The number of fused-ring (bicyclic) bond motifs is 1. The van der Waals surface area contributed by atoms with Crippen LogP contribution in [0.25, 0.3) is 0 Å². The Labute approximate surface area is 163 Å². The topological polar surface area (TPSA) is 49.2 Å². The number of rotatable bonds is 5. The average Bonchev–Trinajstić information content (AvgIpc) is 3.06. The normalized spacial score (nSPS) is 15.9. The second-order valence-corrected chi connectivity index (χ2v) is 7.89. The third-order valence-corrected chi connectivity index (χ3v) is 5.77. The summed E-state index contributed by atoms with van der Waals surface area (Å²) in [4.78, 5) is 0. The van der Waals surface area contributed by atoms with Gasteiger partial charge in [0.15, 0.2) is 28.6 Å². The quantitative estimate of drug-likeness (QED) is 0.597. The summed E-state index contributed by atoms with van der Waals surface area (Å²) in [5.74, 6) is 3.71. The Morgan fingerprint density at radius 3 is 2.56 bits per heavy atom. The lowest BCUT2D eigenvalue weighted by Gasteiger charge is -2.25. The minimum atomic E-state index is -0.253. The van der Waals surface area contributed by atoms with Gasteiger partial charge in [-0.2, -0.15) is 0 Å². The summed E-state index contributed by atoms with van der Waals surface area (Å²) in [7, 11) is 1.98. The molecule has 140 valence electrons. The highest BCUT2D eigenvalue weighted by atomic mass is 32.2. The Morgan fingerprint density at radius 2 is 1.81 bits per heavy atom. The van der Waals surface area contributed by atoms with Gasteiger partial charge < -0.3 is 14.0 Å². The van der Waals surface area contributed by atoms with Crippen molar-refractivity contribution in [3.05, 3.63) is 65.5 Å². The van der Waals surface area contributed by atoms with Crippen molar-refractivity contribution in [1.29, 1.82) is 0 Å². The zero-order chi connectivity index (χ0) is 18.8. The highest BCUT2D eigenvalue weighted by molar-refractivity contribution is 7.98. The number of ether oxygens (including phenoxy) is 2. The van der Waals surface area contributed by atoms with E-state index in [1.165, 1.54) is 11.1 Å². The third kappa shape index (κ3) is 3.81. The smallest absolute Gasteiger partial charge is 0.192 e. The van der Waals surface area contributed by atoms with Crippen LogP contribution < -0.4 is 9.47 Å². The van der Waals surface area contributed by atoms with Gasteiger partial charge in [0.2, 0.25) is 0 Å². The molecule has 0 fully saturated rings. The molecule has 2 heterocycles. The van der Waals surface area contributed by atoms with Gasteiger partial charge in [-0.3, -0.25) is 0 Å². The molecule has 4 rings (SSSR count). The number of nitrogens with zero attached hydrogens (tertiary/aromatic N) is 3. The fourth-order valence-corrected chi connectivity index (χ4v) is 3.90. The predicted molar refractivity (Wildman–Crippen MR) is 106 cm³/mol. The fourth-order valence-electron chi connectivity index (χ4n) is 3.03. The summed E-state index contributed by atoms with van der Waals surface area (Å²) in [6.07, 6.45) is -0.253. The van der Waals surface area contributed by atoms with Crippen molar-refractivity contribution in [2.24, 2.45) is 7.05 Å². The maximum absolute atomic E-state index is 6.05. The molecule has 1 aliphatic rings. The standard InChI is InChI=1S/C21H23N3O2S/c1-14(2)16-10-8-15(9-11-16)13-27-21-23-22-20(24(21)3)19-12-25-17-6-4-5-7-18(17)26-19/h4-11,14,19H,12-13H2,1-3H3. The molecule has 0 aliphatic carbocycles. The molecule has 0 amide bonds. The predicted octanol–water partition coefficient (Wildman–Crippen LogP) is 4.74. The Morgan fingerprint density at radius 1 is 1.07 bits per heavy atom. The van der Waals surface area contributed by atoms with E-state index in [2.05, 4.69) is 48.3 Å². The van der Waals surface area contributed by atoms with Crippen LogP contribution in [0.2, 0.25) is 0 Å². The van der Waals surface area contributed by atoms with Crippen LogP contribution in [0.5, 0.6) is 11.5 Å². The van der Waals surface area contributed by atoms with Gasteiger partial charge in [-0.15, -0.1) is 10.2 Å². The molecule has 0 bridgehead atoms. The summed E-state index contributed by atoms with van der Waals surface area (Å²) in [5, 5.41) is 9.57. The first-order valence-electron chi connectivity index (χ1n) is 9.11. The van der Waals surface area contributed by atoms with Gasteiger partial charge >= 0.3 is 0 Å². The summed E-state index contributed by atoms with van der Waals surface area (Å²) < 4.78 is 13.8. The van der Waals surface area contributed by atoms with E-state index in [0.717, 1.165) is 28.2 Å². The summed E-state index contributed by atoms with van der Waals surface area (Å²) in [6.45, 7) is 4.85. The lowest BCUT2D eigenvalue weighted by Crippen LogP contribution is -2.24. The van der Waals surface area contributed by atoms with Crippen molar-refractivity contribution in [1.82, 2.24) is 14.8 Å². The second kappa shape index (κ2) is 7.64. The van der Waals surface area contributed by atoms with Crippen LogP contribution in [0.15, 0.2) is 53.7 Å². The maximum Gasteiger partial charge on any atom is 0.192 e. The van der Waals surface area contributed by atoms with E-state index in [0.29, 0.717) is 12.5 Å². The van der Waals surface area contributed by atoms with Crippen molar-refractivity contribution in [3.8, 4) is 11.5 Å². The van der Waals surface area contributed by atoms with E-state index in [1.54, 1.807) is 11.8 Å². The lowest BCUT2D eigenvalue weighted by atomic mass is 10.0. The first-order valence-corrected chi connectivity index (χ1v) is 10.1. The Kier molecular flexibility index (Phi) is 5.07. The average molecular weight is 382 g/mol. The van der Waals surface area contributed by atoms with E-state index >= 15 is 0 Å². The molecule has 0 saturated heterocycles. The molecule has 1 atom stereocenters. The first kappa shape index (κ1) is 17.9. The van der Waals surface area contributed by atoms with Crippen LogP contribution in [-0.4, -0.2) is 21.4 Å². The van der Waals surface area contributed by atoms with Crippen molar-refractivity contribution < 1.29 is 9.47 Å². The fraction of sp³-hybridized carbons (Fsp3) is 0.333. The molecule has 0 spiro atoms. The van der Waals surface area contributed by atoms with Crippen LogP contribution in [0.4, 0.5) is 0 Å². The van der Waals surface area contributed by atoms with Crippen LogP contribution >= 0.6 is 11.8 Å². The minimum absolute atomic E-state index is 0.253. The molecular weight excluding hydrogens is 358 g/mol. The molecule has 3 aromatic rings. The van der Waals surface area contributed by atoms with Crippen molar-refractivity contribution in [2.45, 2.75) is 36.8 Å². The monoisotopic (exact) mass is 381 g/mol. The molecule has 1 unspecified atom stereocenters. The van der Waals surface area contributed by atoms with E-state index in [1.807, 2.05) is 35.9 Å². The van der Waals surface area contributed by atoms with E-state index < -0.39 is 0 Å². The molecule has 0 radical (unpaired) electrons. The van der Waals surface area contributed by atoms with Crippen LogP contribution in [-0.2, 0) is 12.8 Å². The SMILES string of the molecule is CC(C)c1ccc(CSc2nnc(C3COc4ccccc4O3)n2C)cc1. The molecule has 1 aliphatic heterocycles. The van der Waals surface area contributed by atoms with Crippen molar-refractivity contribution in [3.63, 3.8) is 0 Å². The van der Waals surface area contributed by atoms with E-state index in [4.69, 9.17) is 9.47 Å². The van der Waals surface area contributed by atoms with E-state index in [9.17, 15) is 0 Å². The Balaban J connectivity index is 1.43. The van der Waals surface area contributed by atoms with Crippen LogP contribution in [0.3, 0.4) is 0 Å². The maximum atomic E-state index is 6.05. The zero-order valence-electron chi connectivity index (χ0n) is 15.8. The summed E-state index contributed by atoms with van der Waals surface area (Å²) >= 11 is 1.68. The highest BCUT2D eigenvalue weighted by Gasteiger charge is 2.27. The van der Waals surface area contributed by atoms with Gasteiger partial charge in [-0.1, -0.05) is 62.0 Å². The van der Waals surface area contributed by atoms with Crippen LogP contribution in [0.1, 0.15) is 42.8 Å². The zero-order valence-corrected chi connectivity index (χ0v) is 16.6. The van der Waals surface area contributed by atoms with Crippen LogP contribution in [0, 0.1) is 0 Å². The number of hydrogen-bond acceptors (Lipinski definition) is 5. The number of para-hydroxylation sites is 2. The largest absolute Gasteiger partial charge is 0.485 e. The minimum Gasteiger partial charge on any atom is -0.485 e. The number of hydrogen-bond donors (Lipinski definition) is 0.